The fourth-order valence-corrected chi connectivity index (χ4v) is 10.1. The molecule has 3 N–H and O–H groups in total. The average Bonchev–Trinajstić information content (AvgIpc) is 3.26. The maximum atomic E-state index is 12.2. The van der Waals surface area contributed by atoms with E-state index in [1.807, 2.05) is 31.2 Å². The lowest BCUT2D eigenvalue weighted by atomic mass is 9.60. The van der Waals surface area contributed by atoms with Gasteiger partial charge in [0.1, 0.15) is 31.0 Å². The fraction of sp³-hybridized carbons (Fsp3) is 0.600. The molecule has 5 unspecified atom stereocenters. The summed E-state index contributed by atoms with van der Waals surface area (Å²) in [5.74, 6) is 1.41. The Morgan fingerprint density at radius 3 is 2.72 bits per heavy atom. The predicted molar refractivity (Wildman–Crippen MR) is 138 cm³/mol. The van der Waals surface area contributed by atoms with E-state index in [2.05, 4.69) is 43.1 Å². The van der Waals surface area contributed by atoms with E-state index in [0.29, 0.717) is 16.9 Å². The molecule has 5 aliphatic heterocycles. The molecule has 2 aromatic rings. The van der Waals surface area contributed by atoms with Crippen LogP contribution in [0.5, 0.6) is 5.75 Å². The normalized spacial score (nSPS) is 44.0. The minimum Gasteiger partial charge on any atom is -0.491 e. The van der Waals surface area contributed by atoms with Gasteiger partial charge in [-0.2, -0.15) is 0 Å². The quantitative estimate of drug-likeness (QED) is 0.542. The molecule has 11 atom stereocenters. The highest BCUT2D eigenvalue weighted by Crippen LogP contribution is 2.71. The zero-order valence-electron chi connectivity index (χ0n) is 21.5. The van der Waals surface area contributed by atoms with Crippen LogP contribution in [0.15, 0.2) is 48.5 Å². The third-order valence-electron chi connectivity index (χ3n) is 11.1. The number of aliphatic hydroxyl groups is 3. The summed E-state index contributed by atoms with van der Waals surface area (Å²) < 4.78 is 6.53. The average molecular weight is 492 g/mol. The molecule has 1 saturated carbocycles. The van der Waals surface area contributed by atoms with E-state index < -0.39 is 18.4 Å². The number of para-hydroxylation sites is 1. The van der Waals surface area contributed by atoms with Gasteiger partial charge in [0.25, 0.3) is 0 Å². The molecular formula is C30H39N2O4+. The molecule has 5 heterocycles. The number of ether oxygens (including phenoxy) is 1. The number of fused-ring (bicyclic) bond motifs is 2. The van der Waals surface area contributed by atoms with Crippen LogP contribution in [-0.4, -0.2) is 76.6 Å². The number of benzene rings is 2. The summed E-state index contributed by atoms with van der Waals surface area (Å²) in [6.45, 7) is 4.87. The van der Waals surface area contributed by atoms with Crippen molar-refractivity contribution in [2.24, 2.45) is 17.8 Å². The number of rotatable bonds is 6. The molecule has 0 radical (unpaired) electrons. The predicted octanol–water partition coefficient (Wildman–Crippen LogP) is 2.82. The van der Waals surface area contributed by atoms with Crippen molar-refractivity contribution in [3.05, 3.63) is 59.7 Å². The van der Waals surface area contributed by atoms with Gasteiger partial charge in [-0.15, -0.1) is 0 Å². The van der Waals surface area contributed by atoms with Gasteiger partial charge in [-0.1, -0.05) is 37.3 Å². The molecule has 6 nitrogen and oxygen atoms in total. The first-order valence-corrected chi connectivity index (χ1v) is 13.8. The first kappa shape index (κ1) is 23.0. The zero-order chi connectivity index (χ0) is 25.0. The van der Waals surface area contributed by atoms with Gasteiger partial charge in [0.05, 0.1) is 23.6 Å². The summed E-state index contributed by atoms with van der Waals surface area (Å²) in [4.78, 5) is 2.39. The van der Waals surface area contributed by atoms with Gasteiger partial charge in [-0.25, -0.2) is 0 Å². The molecule has 8 rings (SSSR count). The molecule has 36 heavy (non-hydrogen) atoms. The second-order valence-electron chi connectivity index (χ2n) is 12.3. The summed E-state index contributed by atoms with van der Waals surface area (Å²) in [6, 6.07) is 17.0. The van der Waals surface area contributed by atoms with Crippen molar-refractivity contribution >= 4 is 5.69 Å². The number of hydrogen-bond acceptors (Lipinski definition) is 5. The molecule has 192 valence electrons. The largest absolute Gasteiger partial charge is 0.491 e. The first-order chi connectivity index (χ1) is 17.3. The highest BCUT2D eigenvalue weighted by Gasteiger charge is 2.83. The molecule has 5 fully saturated rings. The Hall–Kier alpha value is -2.12. The van der Waals surface area contributed by atoms with Crippen molar-refractivity contribution in [3.63, 3.8) is 0 Å². The Balaban J connectivity index is 1.28. The van der Waals surface area contributed by atoms with Crippen LogP contribution in [-0.2, 0) is 5.41 Å². The van der Waals surface area contributed by atoms with Crippen LogP contribution in [0.2, 0.25) is 0 Å². The fourth-order valence-electron chi connectivity index (χ4n) is 10.1. The van der Waals surface area contributed by atoms with Crippen LogP contribution in [0.3, 0.4) is 0 Å². The van der Waals surface area contributed by atoms with Crippen LogP contribution in [0.25, 0.3) is 0 Å². The summed E-state index contributed by atoms with van der Waals surface area (Å²) in [5.41, 5.74) is 3.34. The molecule has 0 amide bonds. The van der Waals surface area contributed by atoms with E-state index in [-0.39, 0.29) is 42.0 Å². The van der Waals surface area contributed by atoms with Crippen molar-refractivity contribution in [1.82, 2.24) is 0 Å². The summed E-state index contributed by atoms with van der Waals surface area (Å²) in [7, 11) is 2.17. The number of likely N-dealkylation sites (N-methyl/N-ethyl adjacent to an activating group) is 1. The minimum atomic E-state index is -0.699. The number of anilines is 1. The van der Waals surface area contributed by atoms with Crippen molar-refractivity contribution in [2.45, 2.75) is 75.1 Å². The number of piperidine rings is 4. The molecule has 6 aliphatic rings. The number of aliphatic hydroxyl groups excluding tert-OH is 3. The monoisotopic (exact) mass is 491 g/mol. The van der Waals surface area contributed by atoms with Crippen LogP contribution in [0.1, 0.15) is 37.3 Å². The van der Waals surface area contributed by atoms with E-state index in [1.165, 1.54) is 11.3 Å². The maximum Gasteiger partial charge on any atom is 0.194 e. The molecular weight excluding hydrogens is 452 g/mol. The number of aryl methyl sites for hydroxylation is 1. The van der Waals surface area contributed by atoms with Gasteiger partial charge in [0, 0.05) is 37.4 Å². The highest BCUT2D eigenvalue weighted by molar-refractivity contribution is 5.66. The van der Waals surface area contributed by atoms with Crippen molar-refractivity contribution < 1.29 is 24.5 Å². The Labute approximate surface area is 213 Å². The van der Waals surface area contributed by atoms with E-state index in [9.17, 15) is 15.3 Å². The smallest absolute Gasteiger partial charge is 0.194 e. The van der Waals surface area contributed by atoms with Crippen molar-refractivity contribution in [3.8, 4) is 5.75 Å². The van der Waals surface area contributed by atoms with Crippen LogP contribution in [0, 0.1) is 24.7 Å². The number of hydrogen-bond donors (Lipinski definition) is 3. The lowest BCUT2D eigenvalue weighted by molar-refractivity contribution is -1.04. The van der Waals surface area contributed by atoms with E-state index in [0.717, 1.165) is 30.6 Å². The van der Waals surface area contributed by atoms with Gasteiger partial charge in [-0.3, -0.25) is 4.48 Å². The molecule has 5 bridgehead atoms. The van der Waals surface area contributed by atoms with Gasteiger partial charge in [0.2, 0.25) is 0 Å². The molecule has 4 saturated heterocycles. The summed E-state index contributed by atoms with van der Waals surface area (Å²) in [5, 5.41) is 35.6. The molecule has 1 aliphatic carbocycles. The van der Waals surface area contributed by atoms with Crippen molar-refractivity contribution in [2.75, 3.05) is 25.1 Å². The Morgan fingerprint density at radius 2 is 1.94 bits per heavy atom. The molecule has 1 spiro atoms. The Bertz CT molecular complexity index is 1190. The zero-order valence-corrected chi connectivity index (χ0v) is 21.5. The number of nitrogens with zero attached hydrogens (tertiary/aromatic N) is 2. The summed E-state index contributed by atoms with van der Waals surface area (Å²) in [6.07, 6.45) is 1.13. The third kappa shape index (κ3) is 2.61. The SMILES string of the molecule is CC[C@H]1C2C[C@H]3[C@@H]4N(C)c5ccccc5C45C[C@@H](C2[C@H]5O)[N+]3(CC(O)COc2cccc(C)c2)[C@@H]1O. The van der Waals surface area contributed by atoms with Gasteiger partial charge < -0.3 is 25.0 Å². The first-order valence-electron chi connectivity index (χ1n) is 13.8. The third-order valence-corrected chi connectivity index (χ3v) is 11.1. The van der Waals surface area contributed by atoms with E-state index in [1.54, 1.807) is 0 Å². The van der Waals surface area contributed by atoms with Crippen LogP contribution in [0.4, 0.5) is 5.69 Å². The lowest BCUT2D eigenvalue weighted by Crippen LogP contribution is -2.84. The molecule has 2 aromatic carbocycles. The molecule has 0 aromatic heterocycles. The van der Waals surface area contributed by atoms with Crippen LogP contribution >= 0.6 is 0 Å². The van der Waals surface area contributed by atoms with Crippen molar-refractivity contribution in [1.29, 1.82) is 0 Å². The second-order valence-corrected chi connectivity index (χ2v) is 12.3. The maximum absolute atomic E-state index is 12.2. The highest BCUT2D eigenvalue weighted by atomic mass is 16.5. The summed E-state index contributed by atoms with van der Waals surface area (Å²) >= 11 is 0. The van der Waals surface area contributed by atoms with Gasteiger partial charge in [0.15, 0.2) is 6.23 Å². The van der Waals surface area contributed by atoms with Gasteiger partial charge in [-0.05, 0) is 48.6 Å². The standard InChI is InChI=1S/C30H39N2O4/c1-4-20-21-13-24-27-30(22-10-5-6-11-23(22)31(27)3)14-25(26(21)28(30)34)32(24,29(20)35)15-18(33)16-36-19-9-7-8-17(2)12-19/h5-12,18,20-21,24-29,33-35H,4,13-16H2,1-3H3/q+1/t18?,20-,21?,24-,25-,26?,27-,28+,29+,30?,32?/m0/s1. The van der Waals surface area contributed by atoms with Gasteiger partial charge >= 0.3 is 0 Å². The topological polar surface area (TPSA) is 73.2 Å². The Kier molecular flexibility index (Phi) is 4.93. The van der Waals surface area contributed by atoms with E-state index in [4.69, 9.17) is 4.74 Å². The lowest BCUT2D eigenvalue weighted by Gasteiger charge is -2.68. The van der Waals surface area contributed by atoms with Crippen LogP contribution < -0.4 is 9.64 Å². The second kappa shape index (κ2) is 7.70. The van der Waals surface area contributed by atoms with E-state index >= 15 is 0 Å². The Morgan fingerprint density at radius 1 is 1.14 bits per heavy atom. The minimum absolute atomic E-state index is 0.119. The molecule has 6 heteroatoms. The number of quaternary nitrogens is 1.